The van der Waals surface area contributed by atoms with Gasteiger partial charge in [-0.15, -0.1) is 9.93 Å². The van der Waals surface area contributed by atoms with E-state index in [1.807, 2.05) is 13.8 Å². The second-order valence-corrected chi connectivity index (χ2v) is 10.0. The summed E-state index contributed by atoms with van der Waals surface area (Å²) in [4.78, 5) is 16.8. The molecule has 0 atom stereocenters. The average molecular weight is 290 g/mol. The average Bonchev–Trinajstić information content (AvgIpc) is 2.07. The van der Waals surface area contributed by atoms with Gasteiger partial charge in [-0.3, -0.25) is 8.73 Å². The molecule has 0 saturated heterocycles. The molecule has 0 saturated carbocycles. The number of rotatable bonds is 8. The van der Waals surface area contributed by atoms with Crippen LogP contribution in [0.1, 0.15) is 20.3 Å². The van der Waals surface area contributed by atoms with E-state index >= 15 is 0 Å². The fraction of sp³-hybridized carbons (Fsp3) is 1.00. The van der Waals surface area contributed by atoms with Gasteiger partial charge in [0, 0.05) is 11.4 Å². The zero-order valence-electron chi connectivity index (χ0n) is 10.8. The Labute approximate surface area is 103 Å². The Hall–Kier alpha value is 0.220. The summed E-state index contributed by atoms with van der Waals surface area (Å²) in [5.74, 6) is 0. The number of phosphoric ester groups is 1. The number of hydrogen-bond donors (Lipinski definition) is 3. The lowest BCUT2D eigenvalue weighted by atomic mass is 10.1. The Morgan fingerprint density at radius 1 is 1.18 bits per heavy atom. The lowest BCUT2D eigenvalue weighted by Crippen LogP contribution is -2.37. The molecule has 0 aromatic heterocycles. The topological polar surface area (TPSA) is 93.1 Å². The fourth-order valence-corrected chi connectivity index (χ4v) is 1.85. The summed E-state index contributed by atoms with van der Waals surface area (Å²) in [5, 5.41) is 0. The highest BCUT2D eigenvalue weighted by Crippen LogP contribution is 2.35. The van der Waals surface area contributed by atoms with E-state index in [1.165, 1.54) is 0 Å². The number of phosphoric acid groups is 1. The van der Waals surface area contributed by atoms with Crippen molar-refractivity contribution >= 4 is 17.8 Å². The number of hydrogen-bond acceptors (Lipinski definition) is 4. The van der Waals surface area contributed by atoms with Crippen LogP contribution in [0.3, 0.4) is 0 Å². The van der Waals surface area contributed by atoms with E-state index in [0.717, 1.165) is 0 Å². The first kappa shape index (κ1) is 17.2. The zero-order valence-corrected chi connectivity index (χ0v) is 12.5. The highest BCUT2D eigenvalue weighted by molar-refractivity contribution is 8.02. The van der Waals surface area contributed by atoms with Crippen molar-refractivity contribution in [1.82, 2.24) is 0 Å². The molecule has 0 heterocycles. The lowest BCUT2D eigenvalue weighted by molar-refractivity contribution is 0.0810. The molecule has 0 aliphatic heterocycles. The first-order chi connectivity index (χ1) is 7.46. The van der Waals surface area contributed by atoms with E-state index in [0.29, 0.717) is 13.0 Å². The van der Waals surface area contributed by atoms with Crippen molar-refractivity contribution in [2.45, 2.75) is 25.0 Å². The minimum absolute atomic E-state index is 0.110. The van der Waals surface area contributed by atoms with Gasteiger partial charge in [0.1, 0.15) is 0 Å². The summed E-state index contributed by atoms with van der Waals surface area (Å²) in [6, 6.07) is 0. The standard InChI is InChI=1S/C9H23O6PS/c1-9(2,17(3,4)13)5-6-14-7-8-15-16(10,11)12/h17H,5-8H2,1-4H3,(H2,10,11,12). The molecule has 0 radical (unpaired) electrons. The molecule has 0 fully saturated rings. The first-order valence-corrected chi connectivity index (χ1v) is 9.42. The summed E-state index contributed by atoms with van der Waals surface area (Å²) in [6.07, 6.45) is 4.11. The molecule has 0 rings (SSSR count). The van der Waals surface area contributed by atoms with Crippen LogP contribution >= 0.6 is 7.82 Å². The molecule has 0 unspecified atom stereocenters. The second-order valence-electron chi connectivity index (χ2n) is 4.85. The van der Waals surface area contributed by atoms with Crippen molar-refractivity contribution < 1.29 is 27.8 Å². The molecule has 0 aliphatic carbocycles. The van der Waals surface area contributed by atoms with Crippen LogP contribution in [-0.4, -0.2) is 51.1 Å². The summed E-state index contributed by atoms with van der Waals surface area (Å²) in [7, 11) is -6.58. The summed E-state index contributed by atoms with van der Waals surface area (Å²) in [5.41, 5.74) is 0. The van der Waals surface area contributed by atoms with Gasteiger partial charge in [0.25, 0.3) is 0 Å². The normalized spacial score (nSPS) is 14.9. The second kappa shape index (κ2) is 6.41. The van der Waals surface area contributed by atoms with E-state index in [2.05, 4.69) is 4.52 Å². The smallest absolute Gasteiger partial charge is 0.379 e. The third kappa shape index (κ3) is 8.02. The minimum Gasteiger partial charge on any atom is -0.379 e. The Bertz CT molecular complexity index is 317. The van der Waals surface area contributed by atoms with Gasteiger partial charge in [-0.2, -0.15) is 0 Å². The molecular weight excluding hydrogens is 267 g/mol. The van der Waals surface area contributed by atoms with Gasteiger partial charge in [0.2, 0.25) is 0 Å². The van der Waals surface area contributed by atoms with Crippen LogP contribution in [0, 0.1) is 0 Å². The van der Waals surface area contributed by atoms with Crippen LogP contribution in [0.5, 0.6) is 0 Å². The molecule has 0 bridgehead atoms. The largest absolute Gasteiger partial charge is 0.469 e. The van der Waals surface area contributed by atoms with Crippen molar-refractivity contribution in [1.29, 1.82) is 0 Å². The summed E-state index contributed by atoms with van der Waals surface area (Å²) >= 11 is 0. The third-order valence-electron chi connectivity index (χ3n) is 2.80. The van der Waals surface area contributed by atoms with E-state index in [-0.39, 0.29) is 18.0 Å². The lowest BCUT2D eigenvalue weighted by Gasteiger charge is -2.33. The first-order valence-electron chi connectivity index (χ1n) is 5.29. The minimum atomic E-state index is -4.40. The number of ether oxygens (including phenoxy) is 1. The van der Waals surface area contributed by atoms with Crippen LogP contribution in [0.4, 0.5) is 0 Å². The predicted octanol–water partition coefficient (Wildman–Crippen LogP) is 0.557. The summed E-state index contributed by atoms with van der Waals surface area (Å²) in [6.45, 7) is 4.19. The van der Waals surface area contributed by atoms with Gasteiger partial charge >= 0.3 is 7.82 Å². The van der Waals surface area contributed by atoms with E-state index in [1.54, 1.807) is 12.5 Å². The Morgan fingerprint density at radius 3 is 2.12 bits per heavy atom. The van der Waals surface area contributed by atoms with Crippen LogP contribution in [0.2, 0.25) is 0 Å². The van der Waals surface area contributed by atoms with E-state index < -0.39 is 17.8 Å². The maximum Gasteiger partial charge on any atom is 0.469 e. The maximum absolute atomic E-state index is 11.9. The number of thiol groups is 1. The Morgan fingerprint density at radius 2 is 1.71 bits per heavy atom. The molecule has 0 aliphatic rings. The van der Waals surface area contributed by atoms with Crippen LogP contribution < -0.4 is 0 Å². The quantitative estimate of drug-likeness (QED) is 0.343. The maximum atomic E-state index is 11.9. The molecule has 2 N–H and O–H groups in total. The van der Waals surface area contributed by atoms with Crippen molar-refractivity contribution in [2.75, 3.05) is 32.3 Å². The monoisotopic (exact) mass is 290 g/mol. The van der Waals surface area contributed by atoms with Crippen LogP contribution in [0.15, 0.2) is 0 Å². The molecule has 0 amide bonds. The zero-order chi connectivity index (χ0) is 13.7. The fourth-order valence-electron chi connectivity index (χ4n) is 0.908. The van der Waals surface area contributed by atoms with Gasteiger partial charge in [0.05, 0.1) is 13.2 Å². The third-order valence-corrected chi connectivity index (χ3v) is 6.46. The molecule has 8 heteroatoms. The highest BCUT2D eigenvalue weighted by atomic mass is 32.2. The molecular formula is C9H23O6PS. The predicted molar refractivity (Wildman–Crippen MR) is 68.9 cm³/mol. The van der Waals surface area contributed by atoms with Gasteiger partial charge < -0.3 is 14.5 Å². The summed E-state index contributed by atoms with van der Waals surface area (Å²) < 4.78 is 31.3. The van der Waals surface area contributed by atoms with Gasteiger partial charge in [0.15, 0.2) is 0 Å². The van der Waals surface area contributed by atoms with Crippen molar-refractivity contribution in [2.24, 2.45) is 0 Å². The van der Waals surface area contributed by atoms with Crippen molar-refractivity contribution in [3.63, 3.8) is 0 Å². The Kier molecular flexibility index (Phi) is 6.49. The van der Waals surface area contributed by atoms with E-state index in [9.17, 15) is 8.77 Å². The molecule has 106 valence electrons. The molecule has 6 nitrogen and oxygen atoms in total. The molecule has 0 spiro atoms. The molecule has 0 aromatic carbocycles. The van der Waals surface area contributed by atoms with Crippen LogP contribution in [-0.2, 0) is 23.8 Å². The van der Waals surface area contributed by atoms with Gasteiger partial charge in [-0.05, 0) is 18.9 Å². The van der Waals surface area contributed by atoms with E-state index in [4.69, 9.17) is 14.5 Å². The van der Waals surface area contributed by atoms with Gasteiger partial charge in [-0.1, -0.05) is 13.8 Å². The highest BCUT2D eigenvalue weighted by Gasteiger charge is 2.26. The van der Waals surface area contributed by atoms with Gasteiger partial charge in [-0.25, -0.2) is 4.57 Å². The molecule has 0 aromatic rings. The SMILES string of the molecule is CC(C)(CCOCCOP(=O)(O)O)[SH](C)(C)=O. The Balaban J connectivity index is 3.73. The molecule has 17 heavy (non-hydrogen) atoms. The van der Waals surface area contributed by atoms with Crippen molar-refractivity contribution in [3.05, 3.63) is 0 Å². The van der Waals surface area contributed by atoms with Crippen molar-refractivity contribution in [3.8, 4) is 0 Å². The van der Waals surface area contributed by atoms with Crippen LogP contribution in [0.25, 0.3) is 0 Å².